The van der Waals surface area contributed by atoms with Gasteiger partial charge in [-0.05, 0) is 53.4 Å². The van der Waals surface area contributed by atoms with E-state index in [9.17, 15) is 28.1 Å². The van der Waals surface area contributed by atoms with Crippen LogP contribution in [0.5, 0.6) is 0 Å². The van der Waals surface area contributed by atoms with Crippen molar-refractivity contribution < 1.29 is 22.9 Å². The highest BCUT2D eigenvalue weighted by Crippen LogP contribution is 2.39. The summed E-state index contributed by atoms with van der Waals surface area (Å²) in [6.07, 6.45) is 0.854. The van der Waals surface area contributed by atoms with Crippen LogP contribution in [0.3, 0.4) is 0 Å². The molecule has 5 rings (SSSR count). The van der Waals surface area contributed by atoms with Gasteiger partial charge in [0.25, 0.3) is 5.69 Å². The molecule has 3 aromatic carbocycles. The second-order valence-corrected chi connectivity index (χ2v) is 12.7. The first-order valence-electron chi connectivity index (χ1n) is 12.3. The minimum absolute atomic E-state index is 0.0345. The van der Waals surface area contributed by atoms with Crippen molar-refractivity contribution in [3.8, 4) is 0 Å². The zero-order valence-electron chi connectivity index (χ0n) is 20.7. The Morgan fingerprint density at radius 2 is 1.87 bits per heavy atom. The first kappa shape index (κ1) is 27.4. The minimum atomic E-state index is -4.00. The molecule has 1 N–H and O–H groups in total. The van der Waals surface area contributed by atoms with Gasteiger partial charge in [0.15, 0.2) is 0 Å². The number of non-ortho nitro benzene ring substituents is 1. The highest BCUT2D eigenvalue weighted by Gasteiger charge is 2.37. The second-order valence-electron chi connectivity index (χ2n) is 9.39. The van der Waals surface area contributed by atoms with Gasteiger partial charge in [0.2, 0.25) is 21.8 Å². The van der Waals surface area contributed by atoms with E-state index < -0.39 is 32.3 Å². The molecule has 2 heterocycles. The van der Waals surface area contributed by atoms with Crippen LogP contribution in [0, 0.1) is 10.1 Å². The van der Waals surface area contributed by atoms with Gasteiger partial charge >= 0.3 is 0 Å². The Morgan fingerprint density at radius 1 is 1.10 bits per heavy atom. The van der Waals surface area contributed by atoms with Crippen LogP contribution in [0.25, 0.3) is 10.8 Å². The lowest BCUT2D eigenvalue weighted by atomic mass is 10.1. The average Bonchev–Trinajstić information content (AvgIpc) is 3.41. The smallest absolute Gasteiger partial charge is 0.269 e. The van der Waals surface area contributed by atoms with E-state index in [1.165, 1.54) is 40.9 Å². The Hall–Kier alpha value is -3.19. The summed E-state index contributed by atoms with van der Waals surface area (Å²) in [5, 5.41) is 12.8. The third-order valence-corrected chi connectivity index (χ3v) is 9.78. The number of nitrogens with zero attached hydrogens (tertiary/aromatic N) is 3. The fraction of sp³-hybridized carbons (Fsp3) is 0.308. The monoisotopic (exact) mass is 588 g/mol. The number of nitrogens with one attached hydrogen (secondary N) is 1. The van der Waals surface area contributed by atoms with E-state index in [0.29, 0.717) is 47.7 Å². The summed E-state index contributed by atoms with van der Waals surface area (Å²) >= 11 is 7.52. The van der Waals surface area contributed by atoms with Gasteiger partial charge in [-0.15, -0.1) is 11.8 Å². The van der Waals surface area contributed by atoms with Crippen molar-refractivity contribution in [3.05, 3.63) is 81.4 Å². The number of benzene rings is 3. The van der Waals surface area contributed by atoms with Crippen LogP contribution < -0.4 is 4.72 Å². The Balaban J connectivity index is 1.27. The summed E-state index contributed by atoms with van der Waals surface area (Å²) in [7, 11) is -4.00. The zero-order chi connectivity index (χ0) is 27.7. The molecule has 39 heavy (non-hydrogen) atoms. The van der Waals surface area contributed by atoms with Gasteiger partial charge in [-0.2, -0.15) is 4.72 Å². The second kappa shape index (κ2) is 11.1. The van der Waals surface area contributed by atoms with Crippen molar-refractivity contribution >= 4 is 61.7 Å². The number of carbonyl (C=O) groups excluding carboxylic acids is 2. The lowest BCUT2D eigenvalue weighted by Gasteiger charge is -2.34. The Kier molecular flexibility index (Phi) is 7.81. The number of halogens is 1. The van der Waals surface area contributed by atoms with Gasteiger partial charge < -0.3 is 9.80 Å². The number of hydrogen-bond donors (Lipinski definition) is 1. The molecule has 0 radical (unpaired) electrons. The van der Waals surface area contributed by atoms with Gasteiger partial charge in [-0.1, -0.05) is 35.9 Å². The summed E-state index contributed by atoms with van der Waals surface area (Å²) in [6, 6.07) is 15.0. The summed E-state index contributed by atoms with van der Waals surface area (Å²) in [6.45, 7) is 0.587. The van der Waals surface area contributed by atoms with E-state index in [-0.39, 0.29) is 23.0 Å². The van der Waals surface area contributed by atoms with E-state index in [1.54, 1.807) is 41.3 Å². The Morgan fingerprint density at radius 3 is 2.67 bits per heavy atom. The van der Waals surface area contributed by atoms with Gasteiger partial charge in [0, 0.05) is 36.0 Å². The third-order valence-electron chi connectivity index (χ3n) is 6.82. The summed E-state index contributed by atoms with van der Waals surface area (Å²) < 4.78 is 28.8. The van der Waals surface area contributed by atoms with E-state index >= 15 is 0 Å². The zero-order valence-corrected chi connectivity index (χ0v) is 23.0. The lowest BCUT2D eigenvalue weighted by Crippen LogP contribution is -2.54. The summed E-state index contributed by atoms with van der Waals surface area (Å²) in [4.78, 5) is 40.3. The van der Waals surface area contributed by atoms with Gasteiger partial charge in [0.05, 0.1) is 16.4 Å². The molecule has 2 aliphatic rings. The number of piperidine rings is 1. The van der Waals surface area contributed by atoms with E-state index in [0.717, 1.165) is 5.39 Å². The maximum atomic E-state index is 13.3. The number of fused-ring (bicyclic) bond motifs is 1. The molecule has 2 unspecified atom stereocenters. The molecule has 2 saturated heterocycles. The van der Waals surface area contributed by atoms with Crippen LogP contribution in [-0.4, -0.2) is 66.4 Å². The van der Waals surface area contributed by atoms with Gasteiger partial charge in [-0.25, -0.2) is 8.42 Å². The van der Waals surface area contributed by atoms with Crippen molar-refractivity contribution in [2.24, 2.45) is 0 Å². The fourth-order valence-corrected chi connectivity index (χ4v) is 7.58. The van der Waals surface area contributed by atoms with Crippen molar-refractivity contribution in [3.63, 3.8) is 0 Å². The Bertz CT molecular complexity index is 1570. The van der Waals surface area contributed by atoms with Crippen LogP contribution in [0.15, 0.2) is 65.6 Å². The van der Waals surface area contributed by atoms with Crippen LogP contribution in [0.2, 0.25) is 5.02 Å². The third kappa shape index (κ3) is 5.88. The maximum absolute atomic E-state index is 13.3. The average molecular weight is 589 g/mol. The summed E-state index contributed by atoms with van der Waals surface area (Å²) in [5.41, 5.74) is 0.595. The maximum Gasteiger partial charge on any atom is 0.269 e. The van der Waals surface area contributed by atoms with Gasteiger partial charge in [-0.3, -0.25) is 19.7 Å². The van der Waals surface area contributed by atoms with E-state index in [1.807, 2.05) is 0 Å². The molecule has 0 saturated carbocycles. The molecule has 2 fully saturated rings. The molecule has 0 bridgehead atoms. The van der Waals surface area contributed by atoms with Crippen LogP contribution in [-0.2, 0) is 19.6 Å². The molecule has 2 atom stereocenters. The first-order valence-corrected chi connectivity index (χ1v) is 15.2. The lowest BCUT2D eigenvalue weighted by molar-refractivity contribution is -0.384. The first-order chi connectivity index (χ1) is 18.6. The quantitative estimate of drug-likeness (QED) is 0.327. The summed E-state index contributed by atoms with van der Waals surface area (Å²) in [5.74, 6) is -0.0842. The van der Waals surface area contributed by atoms with Crippen molar-refractivity contribution in [1.82, 2.24) is 14.5 Å². The highest BCUT2D eigenvalue weighted by molar-refractivity contribution is 7.99. The highest BCUT2D eigenvalue weighted by atomic mass is 35.5. The fourth-order valence-electron chi connectivity index (χ4n) is 4.87. The van der Waals surface area contributed by atoms with E-state index in [2.05, 4.69) is 4.72 Å². The molecule has 204 valence electrons. The van der Waals surface area contributed by atoms with Crippen molar-refractivity contribution in [1.29, 1.82) is 0 Å². The van der Waals surface area contributed by atoms with Gasteiger partial charge in [0.1, 0.15) is 11.4 Å². The molecule has 0 aromatic heterocycles. The van der Waals surface area contributed by atoms with E-state index in [4.69, 9.17) is 11.6 Å². The predicted molar refractivity (Wildman–Crippen MR) is 149 cm³/mol. The molecule has 0 spiro atoms. The molecule has 13 heteroatoms. The number of hydrogen-bond acceptors (Lipinski definition) is 7. The van der Waals surface area contributed by atoms with Crippen LogP contribution >= 0.6 is 23.4 Å². The van der Waals surface area contributed by atoms with Crippen LogP contribution in [0.4, 0.5) is 5.69 Å². The Labute approximate surface area is 234 Å². The molecule has 3 aromatic rings. The molecular weight excluding hydrogens is 564 g/mol. The molecular formula is C26H25ClN4O6S2. The van der Waals surface area contributed by atoms with Crippen molar-refractivity contribution in [2.75, 3.05) is 25.4 Å². The number of likely N-dealkylation sites (tertiary alicyclic amines) is 1. The topological polar surface area (TPSA) is 130 Å². The number of nitro groups is 1. The standard InChI is InChI=1S/C26H25ClN4O6S2/c27-20-8-6-18-15-22(9-7-17(18)13-20)39(36,37)28-23-5-2-10-29(25(23)33)16-24(32)30-11-12-38-26(30)19-3-1-4-21(14-19)31(34)35/h1,3-4,6-9,13-15,23,26,28H,2,5,10-12,16H2. The number of thioether (sulfide) groups is 1. The molecule has 2 aliphatic heterocycles. The predicted octanol–water partition coefficient (Wildman–Crippen LogP) is 3.94. The molecule has 2 amide bonds. The normalized spacial score (nSPS) is 20.0. The number of carbonyl (C=O) groups is 2. The minimum Gasteiger partial charge on any atom is -0.332 e. The van der Waals surface area contributed by atoms with Crippen molar-refractivity contribution in [2.45, 2.75) is 29.2 Å². The SMILES string of the molecule is O=C1C(NS(=O)(=O)c2ccc3cc(Cl)ccc3c2)CCCN1CC(=O)N1CCSC1c1cccc([N+](=O)[O-])c1. The number of rotatable bonds is 7. The number of nitro benzene ring substituents is 1. The number of amides is 2. The van der Waals surface area contributed by atoms with Crippen LogP contribution in [0.1, 0.15) is 23.8 Å². The number of sulfonamides is 1. The molecule has 0 aliphatic carbocycles. The molecule has 10 nitrogen and oxygen atoms in total. The largest absolute Gasteiger partial charge is 0.332 e.